The maximum Gasteiger partial charge on any atom is 0.408 e. The fourth-order valence-corrected chi connectivity index (χ4v) is 2.23. The first-order valence-electron chi connectivity index (χ1n) is 5.55. The Labute approximate surface area is 120 Å². The van der Waals surface area contributed by atoms with Gasteiger partial charge < -0.3 is 14.5 Å². The third-order valence-corrected chi connectivity index (χ3v) is 3.05. The standard InChI is InChI=1S/C12H18BrNO3S/c1-12(2,3)17-11(15)14-8(7-18-4)9-5-6-10(13)16-9/h5-6,8H,7H2,1-4H3,(H,14,15). The maximum absolute atomic E-state index is 11.7. The molecule has 0 aliphatic heterocycles. The number of amides is 1. The van der Waals surface area contributed by atoms with Crippen molar-refractivity contribution in [3.8, 4) is 0 Å². The van der Waals surface area contributed by atoms with Crippen molar-refractivity contribution in [3.05, 3.63) is 22.6 Å². The Morgan fingerprint density at radius 1 is 1.56 bits per heavy atom. The van der Waals surface area contributed by atoms with Crippen LogP contribution in [0.2, 0.25) is 0 Å². The summed E-state index contributed by atoms with van der Waals surface area (Å²) in [7, 11) is 0. The number of nitrogens with one attached hydrogen (secondary N) is 1. The Morgan fingerprint density at radius 3 is 2.67 bits per heavy atom. The summed E-state index contributed by atoms with van der Waals surface area (Å²) >= 11 is 4.88. The molecule has 4 nitrogen and oxygen atoms in total. The molecule has 1 amide bonds. The first-order valence-corrected chi connectivity index (χ1v) is 7.74. The zero-order valence-electron chi connectivity index (χ0n) is 11.0. The van der Waals surface area contributed by atoms with Crippen LogP contribution < -0.4 is 5.32 Å². The summed E-state index contributed by atoms with van der Waals surface area (Å²) in [5, 5.41) is 2.81. The van der Waals surface area contributed by atoms with Gasteiger partial charge in [0.2, 0.25) is 0 Å². The van der Waals surface area contributed by atoms with Gasteiger partial charge in [-0.05, 0) is 55.1 Å². The summed E-state index contributed by atoms with van der Waals surface area (Å²) in [5.41, 5.74) is -0.502. The number of hydrogen-bond acceptors (Lipinski definition) is 4. The number of carbonyl (C=O) groups is 1. The van der Waals surface area contributed by atoms with E-state index < -0.39 is 11.7 Å². The van der Waals surface area contributed by atoms with Crippen molar-refractivity contribution in [2.75, 3.05) is 12.0 Å². The molecule has 0 spiro atoms. The molecule has 1 aromatic heterocycles. The Balaban J connectivity index is 2.66. The quantitative estimate of drug-likeness (QED) is 0.904. The minimum Gasteiger partial charge on any atom is -0.452 e. The zero-order chi connectivity index (χ0) is 13.8. The number of carbonyl (C=O) groups excluding carboxylic acids is 1. The maximum atomic E-state index is 11.7. The molecule has 0 aliphatic rings. The fraction of sp³-hybridized carbons (Fsp3) is 0.583. The van der Waals surface area contributed by atoms with E-state index in [4.69, 9.17) is 9.15 Å². The molecule has 1 atom stereocenters. The molecule has 0 saturated heterocycles. The van der Waals surface area contributed by atoms with Crippen LogP contribution in [0.1, 0.15) is 32.6 Å². The lowest BCUT2D eigenvalue weighted by atomic mass is 10.2. The topological polar surface area (TPSA) is 51.5 Å². The van der Waals surface area contributed by atoms with E-state index in [1.54, 1.807) is 17.8 Å². The molecule has 18 heavy (non-hydrogen) atoms. The largest absolute Gasteiger partial charge is 0.452 e. The van der Waals surface area contributed by atoms with Crippen LogP contribution >= 0.6 is 27.7 Å². The van der Waals surface area contributed by atoms with Gasteiger partial charge >= 0.3 is 6.09 Å². The van der Waals surface area contributed by atoms with Gasteiger partial charge in [0.25, 0.3) is 0 Å². The minimum absolute atomic E-state index is 0.193. The van der Waals surface area contributed by atoms with Gasteiger partial charge in [0.15, 0.2) is 4.67 Å². The van der Waals surface area contributed by atoms with Crippen LogP contribution in [0.5, 0.6) is 0 Å². The van der Waals surface area contributed by atoms with Crippen LogP contribution in [-0.2, 0) is 4.74 Å². The van der Waals surface area contributed by atoms with Crippen LogP contribution in [0, 0.1) is 0 Å². The second-order valence-electron chi connectivity index (χ2n) is 4.80. The van der Waals surface area contributed by atoms with Gasteiger partial charge in [0.05, 0.1) is 6.04 Å². The Kier molecular flexibility index (Phi) is 5.59. The van der Waals surface area contributed by atoms with Gasteiger partial charge in [-0.1, -0.05) is 0 Å². The van der Waals surface area contributed by atoms with Crippen molar-refractivity contribution in [2.24, 2.45) is 0 Å². The molecule has 0 saturated carbocycles. The molecule has 1 rings (SSSR count). The number of thioether (sulfide) groups is 1. The van der Waals surface area contributed by atoms with Gasteiger partial charge in [0.1, 0.15) is 11.4 Å². The number of halogens is 1. The predicted octanol–water partition coefficient (Wildman–Crippen LogP) is 3.97. The summed E-state index contributed by atoms with van der Waals surface area (Å²) in [5.74, 6) is 1.43. The molecule has 1 N–H and O–H groups in total. The molecule has 0 fully saturated rings. The number of alkyl carbamates (subject to hydrolysis) is 1. The Hall–Kier alpha value is -0.620. The third kappa shape index (κ3) is 5.35. The summed E-state index contributed by atoms with van der Waals surface area (Å²) in [6.07, 6.45) is 1.54. The number of hydrogen-bond donors (Lipinski definition) is 1. The van der Waals surface area contributed by atoms with Gasteiger partial charge in [-0.3, -0.25) is 0 Å². The average Bonchev–Trinajstić information content (AvgIpc) is 2.61. The first-order chi connectivity index (χ1) is 8.31. The molecule has 0 radical (unpaired) electrons. The van der Waals surface area contributed by atoms with E-state index in [0.717, 1.165) is 5.75 Å². The summed E-state index contributed by atoms with van der Waals surface area (Å²) < 4.78 is 11.3. The van der Waals surface area contributed by atoms with Crippen LogP contribution in [-0.4, -0.2) is 23.7 Å². The fourth-order valence-electron chi connectivity index (χ4n) is 1.33. The molecular weight excluding hydrogens is 318 g/mol. The van der Waals surface area contributed by atoms with Crippen LogP contribution in [0.3, 0.4) is 0 Å². The minimum atomic E-state index is -0.502. The van der Waals surface area contributed by atoms with E-state index in [-0.39, 0.29) is 6.04 Å². The highest BCUT2D eigenvalue weighted by molar-refractivity contribution is 9.10. The lowest BCUT2D eigenvalue weighted by Gasteiger charge is -2.22. The highest BCUT2D eigenvalue weighted by atomic mass is 79.9. The monoisotopic (exact) mass is 335 g/mol. The molecular formula is C12H18BrNO3S. The van der Waals surface area contributed by atoms with Crippen molar-refractivity contribution >= 4 is 33.8 Å². The highest BCUT2D eigenvalue weighted by Gasteiger charge is 2.22. The van der Waals surface area contributed by atoms with E-state index in [0.29, 0.717) is 10.4 Å². The van der Waals surface area contributed by atoms with Gasteiger partial charge in [-0.15, -0.1) is 0 Å². The van der Waals surface area contributed by atoms with E-state index in [1.807, 2.05) is 33.1 Å². The molecule has 1 heterocycles. The highest BCUT2D eigenvalue weighted by Crippen LogP contribution is 2.23. The van der Waals surface area contributed by atoms with Crippen molar-refractivity contribution in [1.82, 2.24) is 5.32 Å². The number of furan rings is 1. The van der Waals surface area contributed by atoms with E-state index in [2.05, 4.69) is 21.2 Å². The third-order valence-electron chi connectivity index (χ3n) is 1.96. The molecule has 0 bridgehead atoms. The predicted molar refractivity (Wildman–Crippen MR) is 76.9 cm³/mol. The number of ether oxygens (including phenoxy) is 1. The first kappa shape index (κ1) is 15.4. The van der Waals surface area contributed by atoms with Crippen LogP contribution in [0.25, 0.3) is 0 Å². The molecule has 1 aromatic rings. The molecule has 0 aromatic carbocycles. The SMILES string of the molecule is CSCC(NC(=O)OC(C)(C)C)c1ccc(Br)o1. The summed E-state index contributed by atoms with van der Waals surface area (Å²) in [6.45, 7) is 5.50. The molecule has 0 aliphatic carbocycles. The lowest BCUT2D eigenvalue weighted by Crippen LogP contribution is -2.35. The normalized spacial score (nSPS) is 13.2. The second-order valence-corrected chi connectivity index (χ2v) is 6.49. The molecule has 102 valence electrons. The lowest BCUT2D eigenvalue weighted by molar-refractivity contribution is 0.0503. The Morgan fingerprint density at radius 2 is 2.22 bits per heavy atom. The summed E-state index contributed by atoms with van der Waals surface area (Å²) in [4.78, 5) is 11.7. The van der Waals surface area contributed by atoms with Crippen molar-refractivity contribution in [1.29, 1.82) is 0 Å². The number of rotatable bonds is 4. The van der Waals surface area contributed by atoms with Gasteiger partial charge in [-0.2, -0.15) is 11.8 Å². The van der Waals surface area contributed by atoms with E-state index >= 15 is 0 Å². The van der Waals surface area contributed by atoms with Gasteiger partial charge in [-0.25, -0.2) is 4.79 Å². The van der Waals surface area contributed by atoms with Gasteiger partial charge in [0, 0.05) is 5.75 Å². The van der Waals surface area contributed by atoms with Crippen molar-refractivity contribution in [2.45, 2.75) is 32.4 Å². The zero-order valence-corrected chi connectivity index (χ0v) is 13.4. The summed E-state index contributed by atoms with van der Waals surface area (Å²) in [6, 6.07) is 3.45. The molecule has 6 heteroatoms. The van der Waals surface area contributed by atoms with Crippen molar-refractivity contribution < 1.29 is 13.9 Å². The van der Waals surface area contributed by atoms with E-state index in [9.17, 15) is 4.79 Å². The molecule has 1 unspecified atom stereocenters. The van der Waals surface area contributed by atoms with Crippen LogP contribution in [0.4, 0.5) is 4.79 Å². The van der Waals surface area contributed by atoms with E-state index in [1.165, 1.54) is 0 Å². The Bertz CT molecular complexity index is 400. The van der Waals surface area contributed by atoms with Crippen molar-refractivity contribution in [3.63, 3.8) is 0 Å². The average molecular weight is 336 g/mol. The smallest absolute Gasteiger partial charge is 0.408 e. The van der Waals surface area contributed by atoms with Crippen LogP contribution in [0.15, 0.2) is 21.2 Å². The second kappa shape index (κ2) is 6.52.